The average molecular weight is 570 g/mol. The Labute approximate surface area is 203 Å². The first-order chi connectivity index (χ1) is 15.0. The molecule has 2 nitrogen and oxygen atoms in total. The molecule has 3 rings (SSSR count). The van der Waals surface area contributed by atoms with E-state index in [0.717, 1.165) is 18.1 Å². The van der Waals surface area contributed by atoms with Crippen LogP contribution in [0.4, 0.5) is 0 Å². The topological polar surface area (TPSA) is 18.5 Å². The maximum absolute atomic E-state index is 5.63. The molecule has 2 aromatic heterocycles. The molecule has 1 radical (unpaired) electrons. The van der Waals surface area contributed by atoms with Gasteiger partial charge in [0.05, 0.1) is 18.1 Å². The van der Waals surface area contributed by atoms with Crippen LogP contribution in [0.1, 0.15) is 84.3 Å². The molecule has 0 N–H and O–H groups in total. The molecule has 0 unspecified atom stereocenters. The van der Waals surface area contributed by atoms with Gasteiger partial charge in [-0.2, -0.15) is 0 Å². The Kier molecular flexibility index (Phi) is 12.7. The molecular formula is C26H43O2S2Sn. The van der Waals surface area contributed by atoms with Crippen LogP contribution in [0, 0.1) is 10.8 Å². The van der Waals surface area contributed by atoms with E-state index in [-0.39, 0.29) is 11.7 Å². The molecule has 0 amide bonds. The van der Waals surface area contributed by atoms with E-state index in [1.807, 2.05) is 28.8 Å². The molecule has 175 valence electrons. The third-order valence-electron chi connectivity index (χ3n) is 6.05. The van der Waals surface area contributed by atoms with E-state index in [0.29, 0.717) is 0 Å². The molecule has 0 bridgehead atoms. The van der Waals surface area contributed by atoms with Crippen molar-refractivity contribution in [2.45, 2.75) is 92.7 Å². The SMILES string of the molecule is CC1(C)COC(c2cccs2)OC1.CCC[CH2][Sn]([CH2]CCC)([CH2]CCC)[c]1cc[c]s1. The molecule has 31 heavy (non-hydrogen) atoms. The summed E-state index contributed by atoms with van der Waals surface area (Å²) in [5.74, 6) is 0. The Morgan fingerprint density at radius 3 is 1.97 bits per heavy atom. The molecule has 1 fully saturated rings. The molecular weight excluding hydrogens is 527 g/mol. The van der Waals surface area contributed by atoms with Gasteiger partial charge in [-0.1, -0.05) is 19.9 Å². The van der Waals surface area contributed by atoms with Crippen molar-refractivity contribution < 1.29 is 9.47 Å². The fraction of sp³-hybridized carbons (Fsp3) is 0.692. The van der Waals surface area contributed by atoms with Crippen molar-refractivity contribution >= 4 is 43.9 Å². The van der Waals surface area contributed by atoms with Crippen LogP contribution in [0.15, 0.2) is 29.6 Å². The van der Waals surface area contributed by atoms with Crippen molar-refractivity contribution in [2.24, 2.45) is 5.41 Å². The molecule has 1 aliphatic rings. The van der Waals surface area contributed by atoms with Crippen molar-refractivity contribution in [3.63, 3.8) is 0 Å². The van der Waals surface area contributed by atoms with Gasteiger partial charge in [-0.05, 0) is 11.4 Å². The second-order valence-corrected chi connectivity index (χ2v) is 25.7. The average Bonchev–Trinajstić information content (AvgIpc) is 3.49. The Morgan fingerprint density at radius 1 is 0.968 bits per heavy atom. The Bertz CT molecular complexity index is 651. The monoisotopic (exact) mass is 571 g/mol. The first-order valence-corrected chi connectivity index (χ1v) is 21.4. The zero-order chi connectivity index (χ0) is 22.6. The molecule has 0 saturated carbocycles. The van der Waals surface area contributed by atoms with Crippen LogP contribution in [0.5, 0.6) is 0 Å². The van der Waals surface area contributed by atoms with E-state index in [9.17, 15) is 0 Å². The predicted molar refractivity (Wildman–Crippen MR) is 140 cm³/mol. The van der Waals surface area contributed by atoms with Gasteiger partial charge in [0, 0.05) is 5.41 Å². The van der Waals surface area contributed by atoms with Crippen LogP contribution in [-0.4, -0.2) is 31.6 Å². The maximum atomic E-state index is 5.63. The van der Waals surface area contributed by atoms with Gasteiger partial charge in [0.2, 0.25) is 0 Å². The number of ether oxygens (including phenoxy) is 2. The van der Waals surface area contributed by atoms with E-state index < -0.39 is 18.4 Å². The van der Waals surface area contributed by atoms with Gasteiger partial charge in [0.15, 0.2) is 6.29 Å². The molecule has 0 aliphatic carbocycles. The Morgan fingerprint density at radius 2 is 1.55 bits per heavy atom. The van der Waals surface area contributed by atoms with Gasteiger partial charge in [0.25, 0.3) is 0 Å². The van der Waals surface area contributed by atoms with E-state index in [4.69, 9.17) is 9.47 Å². The molecule has 0 atom stereocenters. The quantitative estimate of drug-likeness (QED) is 0.253. The van der Waals surface area contributed by atoms with Crippen LogP contribution in [0.25, 0.3) is 0 Å². The van der Waals surface area contributed by atoms with E-state index >= 15 is 0 Å². The van der Waals surface area contributed by atoms with Gasteiger partial charge in [-0.25, -0.2) is 0 Å². The van der Waals surface area contributed by atoms with Crippen LogP contribution >= 0.6 is 22.7 Å². The first-order valence-electron chi connectivity index (χ1n) is 12.2. The third-order valence-corrected chi connectivity index (χ3v) is 26.0. The number of thiophene rings is 2. The summed E-state index contributed by atoms with van der Waals surface area (Å²) in [7, 11) is 0. The number of hydrogen-bond donors (Lipinski definition) is 0. The first kappa shape index (κ1) is 27.4. The van der Waals surface area contributed by atoms with E-state index in [1.165, 1.54) is 38.5 Å². The zero-order valence-corrected chi connectivity index (χ0v) is 24.9. The fourth-order valence-electron chi connectivity index (χ4n) is 4.10. The second kappa shape index (κ2) is 14.4. The molecule has 2 aromatic rings. The van der Waals surface area contributed by atoms with Crippen molar-refractivity contribution in [1.29, 1.82) is 0 Å². The summed E-state index contributed by atoms with van der Waals surface area (Å²) in [6.45, 7) is 12.9. The molecule has 0 spiro atoms. The van der Waals surface area contributed by atoms with Gasteiger partial charge in [-0.3, -0.25) is 0 Å². The zero-order valence-electron chi connectivity index (χ0n) is 20.4. The summed E-state index contributed by atoms with van der Waals surface area (Å²) in [6, 6.07) is 8.65. The van der Waals surface area contributed by atoms with E-state index in [2.05, 4.69) is 52.1 Å². The van der Waals surface area contributed by atoms with Crippen molar-refractivity contribution in [3.8, 4) is 0 Å². The summed E-state index contributed by atoms with van der Waals surface area (Å²) in [5, 5.41) is 5.40. The Balaban J connectivity index is 0.000000231. The van der Waals surface area contributed by atoms with Gasteiger partial charge in [0.1, 0.15) is 0 Å². The summed E-state index contributed by atoms with van der Waals surface area (Å²) in [6.07, 6.45) is 8.35. The fourth-order valence-corrected chi connectivity index (χ4v) is 24.2. The standard InChI is InChI=1S/C10H14O2S.C4H2S.3C4H9.Sn/c1-10(2)6-11-9(12-7-10)8-4-3-5-13-8;1-2-4-5-3-1;3*1-3-4-2;/h3-5,9H,6-7H2,1-2H3;1-2H;3*1,3-4H2,2H3;. The molecule has 1 saturated heterocycles. The van der Waals surface area contributed by atoms with Crippen molar-refractivity contribution in [1.82, 2.24) is 0 Å². The molecule has 3 heterocycles. The third kappa shape index (κ3) is 9.11. The molecule has 0 aromatic carbocycles. The van der Waals surface area contributed by atoms with Gasteiger partial charge < -0.3 is 9.47 Å². The summed E-state index contributed by atoms with van der Waals surface area (Å²) in [5.41, 5.74) is 0.160. The molecule has 5 heteroatoms. The van der Waals surface area contributed by atoms with Crippen LogP contribution < -0.4 is 2.89 Å². The number of rotatable bonds is 11. The number of hydrogen-bond acceptors (Lipinski definition) is 4. The van der Waals surface area contributed by atoms with Crippen LogP contribution in [0.3, 0.4) is 0 Å². The summed E-state index contributed by atoms with van der Waals surface area (Å²) < 4.78 is 17.8. The van der Waals surface area contributed by atoms with Crippen molar-refractivity contribution in [3.05, 3.63) is 39.9 Å². The predicted octanol–water partition coefficient (Wildman–Crippen LogP) is 8.42. The minimum absolute atomic E-state index is 0.131. The van der Waals surface area contributed by atoms with Crippen LogP contribution in [-0.2, 0) is 9.47 Å². The summed E-state index contributed by atoms with van der Waals surface area (Å²) in [4.78, 5) is 1.16. The minimum atomic E-state index is -2.04. The normalized spacial score (nSPS) is 16.7. The number of unbranched alkanes of at least 4 members (excludes halogenated alkanes) is 3. The van der Waals surface area contributed by atoms with Gasteiger partial charge in [-0.15, -0.1) is 11.3 Å². The van der Waals surface area contributed by atoms with E-state index in [1.54, 1.807) is 27.5 Å². The van der Waals surface area contributed by atoms with Crippen LogP contribution in [0.2, 0.25) is 13.3 Å². The summed E-state index contributed by atoms with van der Waals surface area (Å²) >= 11 is 1.58. The Hall–Kier alpha value is 0.119. The van der Waals surface area contributed by atoms with Crippen molar-refractivity contribution in [2.75, 3.05) is 13.2 Å². The van der Waals surface area contributed by atoms with Gasteiger partial charge >= 0.3 is 123 Å². The second-order valence-electron chi connectivity index (χ2n) is 9.64. The molecule has 1 aliphatic heterocycles.